The van der Waals surface area contributed by atoms with E-state index < -0.39 is 18.5 Å². The van der Waals surface area contributed by atoms with Crippen LogP contribution in [0.1, 0.15) is 18.4 Å². The smallest absolute Gasteiger partial charge is 0.406 e. The van der Waals surface area contributed by atoms with Crippen LogP contribution >= 0.6 is 0 Å². The molecule has 1 aromatic carbocycles. The lowest BCUT2D eigenvalue weighted by Crippen LogP contribution is -2.44. The highest BCUT2D eigenvalue weighted by molar-refractivity contribution is 5.75. The third kappa shape index (κ3) is 6.71. The second-order valence-electron chi connectivity index (χ2n) is 5.75. The maximum atomic E-state index is 12.1. The van der Waals surface area contributed by atoms with Crippen molar-refractivity contribution in [3.63, 3.8) is 0 Å². The van der Waals surface area contributed by atoms with Crippen LogP contribution in [-0.2, 0) is 16.2 Å². The van der Waals surface area contributed by atoms with Gasteiger partial charge in [-0.2, -0.15) is 13.2 Å². The number of rotatable bonds is 5. The summed E-state index contributed by atoms with van der Waals surface area (Å²) in [4.78, 5) is 16.6. The van der Waals surface area contributed by atoms with Crippen molar-refractivity contribution in [2.75, 3.05) is 13.1 Å². The van der Waals surface area contributed by atoms with Crippen LogP contribution in [-0.4, -0.2) is 42.5 Å². The van der Waals surface area contributed by atoms with Gasteiger partial charge in [0.1, 0.15) is 5.75 Å². The molecule has 1 aromatic rings. The largest absolute Gasteiger partial charge is 0.573 e. The monoisotopic (exact) mass is 386 g/mol. The van der Waals surface area contributed by atoms with Crippen molar-refractivity contribution < 1.29 is 40.7 Å². The van der Waals surface area contributed by atoms with Gasteiger partial charge in [-0.05, 0) is 30.5 Å². The predicted octanol–water partition coefficient (Wildman–Crippen LogP) is 3.16. The molecular formula is C15H16F6N2O3. The van der Waals surface area contributed by atoms with E-state index in [4.69, 9.17) is 0 Å². The van der Waals surface area contributed by atoms with Crippen molar-refractivity contribution in [2.24, 2.45) is 0 Å². The highest BCUT2D eigenvalue weighted by atomic mass is 19.4. The predicted molar refractivity (Wildman–Crippen MR) is 76.7 cm³/mol. The zero-order valence-electron chi connectivity index (χ0n) is 13.4. The van der Waals surface area contributed by atoms with Crippen LogP contribution in [0.5, 0.6) is 5.75 Å². The maximum Gasteiger partial charge on any atom is 0.573 e. The number of ether oxygens (including phenoxy) is 1. The fourth-order valence-electron chi connectivity index (χ4n) is 2.46. The number of nitrogens with zero attached hydrogens (tertiary/aromatic N) is 1. The first-order chi connectivity index (χ1) is 12.0. The first-order valence-electron chi connectivity index (χ1n) is 7.63. The Morgan fingerprint density at radius 1 is 1.08 bits per heavy atom. The standard InChI is InChI=1S/C15H16F6N2O3/c16-14(17,18)13(24)26-22-11-5-7-23(8-6-11)9-10-1-3-12(4-2-10)25-15(19,20)21/h1-4,11,22H,5-9H2. The molecule has 1 heterocycles. The molecule has 0 spiro atoms. The first kappa shape index (κ1) is 20.3. The van der Waals surface area contributed by atoms with Crippen LogP contribution < -0.4 is 10.2 Å². The molecule has 1 aliphatic rings. The second kappa shape index (κ2) is 8.12. The topological polar surface area (TPSA) is 50.8 Å². The molecule has 1 aliphatic heterocycles. The van der Waals surface area contributed by atoms with Gasteiger partial charge < -0.3 is 9.57 Å². The fourth-order valence-corrected chi connectivity index (χ4v) is 2.46. The zero-order chi connectivity index (χ0) is 19.4. The third-order valence-corrected chi connectivity index (χ3v) is 3.70. The van der Waals surface area contributed by atoms with Crippen LogP contribution in [0.2, 0.25) is 0 Å². The molecule has 146 valence electrons. The number of carbonyl (C=O) groups excluding carboxylic acids is 1. The number of hydroxylamine groups is 1. The summed E-state index contributed by atoms with van der Waals surface area (Å²) in [7, 11) is 0. The Morgan fingerprint density at radius 3 is 2.15 bits per heavy atom. The lowest BCUT2D eigenvalue weighted by Gasteiger charge is -2.31. The van der Waals surface area contributed by atoms with E-state index in [1.807, 2.05) is 4.90 Å². The number of benzene rings is 1. The van der Waals surface area contributed by atoms with Crippen LogP contribution in [0.15, 0.2) is 24.3 Å². The average Bonchev–Trinajstić information content (AvgIpc) is 2.53. The summed E-state index contributed by atoms with van der Waals surface area (Å²) in [6.45, 7) is 1.53. The molecule has 26 heavy (non-hydrogen) atoms. The van der Waals surface area contributed by atoms with Crippen molar-refractivity contribution >= 4 is 5.97 Å². The molecule has 1 N–H and O–H groups in total. The van der Waals surface area contributed by atoms with E-state index in [-0.39, 0.29) is 11.8 Å². The molecule has 2 rings (SSSR count). The summed E-state index contributed by atoms with van der Waals surface area (Å²) < 4.78 is 76.2. The van der Waals surface area contributed by atoms with Gasteiger partial charge in [0.15, 0.2) is 0 Å². The van der Waals surface area contributed by atoms with Crippen molar-refractivity contribution in [2.45, 2.75) is 38.0 Å². The van der Waals surface area contributed by atoms with E-state index in [2.05, 4.69) is 15.1 Å². The summed E-state index contributed by atoms with van der Waals surface area (Å²) >= 11 is 0. The minimum atomic E-state index is -5.05. The van der Waals surface area contributed by atoms with Gasteiger partial charge in [0.05, 0.1) is 0 Å². The van der Waals surface area contributed by atoms with Gasteiger partial charge in [0, 0.05) is 25.7 Å². The summed E-state index contributed by atoms with van der Waals surface area (Å²) in [5, 5.41) is 0. The Kier molecular flexibility index (Phi) is 6.34. The van der Waals surface area contributed by atoms with Gasteiger partial charge >= 0.3 is 18.5 Å². The molecule has 0 atom stereocenters. The van der Waals surface area contributed by atoms with Crippen molar-refractivity contribution in [3.05, 3.63) is 29.8 Å². The molecular weight excluding hydrogens is 370 g/mol. The molecule has 0 aromatic heterocycles. The molecule has 0 amide bonds. The Balaban J connectivity index is 1.74. The third-order valence-electron chi connectivity index (χ3n) is 3.70. The summed E-state index contributed by atoms with van der Waals surface area (Å²) in [5.41, 5.74) is 2.89. The minimum absolute atomic E-state index is 0.310. The van der Waals surface area contributed by atoms with Crippen molar-refractivity contribution in [1.29, 1.82) is 0 Å². The lowest BCUT2D eigenvalue weighted by molar-refractivity contribution is -0.274. The Hall–Kier alpha value is -2.01. The van der Waals surface area contributed by atoms with Crippen LogP contribution in [0.3, 0.4) is 0 Å². The zero-order valence-corrected chi connectivity index (χ0v) is 13.4. The Morgan fingerprint density at radius 2 is 1.65 bits per heavy atom. The molecule has 1 saturated heterocycles. The number of halogens is 6. The van der Waals surface area contributed by atoms with Crippen LogP contribution in [0.25, 0.3) is 0 Å². The lowest BCUT2D eigenvalue weighted by atomic mass is 10.1. The van der Waals surface area contributed by atoms with E-state index in [0.717, 1.165) is 5.56 Å². The molecule has 1 fully saturated rings. The Labute approximate surface area is 144 Å². The highest BCUT2D eigenvalue weighted by Gasteiger charge is 2.41. The van der Waals surface area contributed by atoms with Crippen LogP contribution in [0.4, 0.5) is 26.3 Å². The van der Waals surface area contributed by atoms with Gasteiger partial charge in [-0.3, -0.25) is 4.90 Å². The number of piperidine rings is 1. The second-order valence-corrected chi connectivity index (χ2v) is 5.75. The first-order valence-corrected chi connectivity index (χ1v) is 7.63. The molecule has 0 radical (unpaired) electrons. The molecule has 0 bridgehead atoms. The van der Waals surface area contributed by atoms with Crippen molar-refractivity contribution in [1.82, 2.24) is 10.4 Å². The van der Waals surface area contributed by atoms with E-state index >= 15 is 0 Å². The minimum Gasteiger partial charge on any atom is -0.406 e. The SMILES string of the molecule is O=C(ONC1CCN(Cc2ccc(OC(F)(F)F)cc2)CC1)C(F)(F)F. The normalized spacial score (nSPS) is 17.2. The molecule has 5 nitrogen and oxygen atoms in total. The number of alkyl halides is 6. The molecule has 11 heteroatoms. The van der Waals surface area contributed by atoms with E-state index in [1.165, 1.54) is 24.3 Å². The van der Waals surface area contributed by atoms with Gasteiger partial charge in [-0.15, -0.1) is 18.7 Å². The number of hydrogen-bond acceptors (Lipinski definition) is 5. The number of carbonyl (C=O) groups is 1. The van der Waals surface area contributed by atoms with Crippen LogP contribution in [0, 0.1) is 0 Å². The summed E-state index contributed by atoms with van der Waals surface area (Å²) in [5.74, 6) is -2.60. The van der Waals surface area contributed by atoms with Gasteiger partial charge in [0.25, 0.3) is 0 Å². The quantitative estimate of drug-likeness (QED) is 0.623. The van der Waals surface area contributed by atoms with Gasteiger partial charge in [-0.1, -0.05) is 12.1 Å². The van der Waals surface area contributed by atoms with E-state index in [1.54, 1.807) is 0 Å². The number of nitrogens with one attached hydrogen (secondary N) is 1. The maximum absolute atomic E-state index is 12.1. The molecule has 0 saturated carbocycles. The summed E-state index contributed by atoms with van der Waals surface area (Å²) in [6.07, 6.45) is -8.87. The average molecular weight is 386 g/mol. The molecule has 0 aliphatic carbocycles. The molecule has 0 unspecified atom stereocenters. The van der Waals surface area contributed by atoms with Gasteiger partial charge in [0.2, 0.25) is 0 Å². The summed E-state index contributed by atoms with van der Waals surface area (Å²) in [6, 6.07) is 5.06. The number of hydrogen-bond donors (Lipinski definition) is 1. The van der Waals surface area contributed by atoms with Gasteiger partial charge in [-0.25, -0.2) is 4.79 Å². The fraction of sp³-hybridized carbons (Fsp3) is 0.533. The Bertz CT molecular complexity index is 595. The van der Waals surface area contributed by atoms with Crippen molar-refractivity contribution in [3.8, 4) is 5.75 Å². The van der Waals surface area contributed by atoms with E-state index in [9.17, 15) is 31.1 Å². The van der Waals surface area contributed by atoms with E-state index in [0.29, 0.717) is 32.5 Å². The number of likely N-dealkylation sites (tertiary alicyclic amines) is 1. The highest BCUT2D eigenvalue weighted by Crippen LogP contribution is 2.23.